The first kappa shape index (κ1) is 13.7. The second-order valence-electron chi connectivity index (χ2n) is 5.20. The van der Waals surface area contributed by atoms with Crippen LogP contribution in [0.3, 0.4) is 0 Å². The Kier molecular flexibility index (Phi) is 4.25. The largest absolute Gasteiger partial charge is 0.381 e. The summed E-state index contributed by atoms with van der Waals surface area (Å²) < 4.78 is 2.03. The van der Waals surface area contributed by atoms with Gasteiger partial charge in [0.15, 0.2) is 0 Å². The van der Waals surface area contributed by atoms with E-state index in [0.717, 1.165) is 18.8 Å². The molecule has 0 fully saturated rings. The molecule has 0 aliphatic carbocycles. The number of aromatic nitrogens is 2. The first-order valence-electron chi connectivity index (χ1n) is 6.97. The van der Waals surface area contributed by atoms with Crippen molar-refractivity contribution in [1.29, 1.82) is 0 Å². The maximum atomic E-state index is 4.36. The molecule has 0 amide bonds. The van der Waals surface area contributed by atoms with Gasteiger partial charge in [0.25, 0.3) is 0 Å². The fourth-order valence-electron chi connectivity index (χ4n) is 2.16. The van der Waals surface area contributed by atoms with Gasteiger partial charge in [-0.25, -0.2) is 0 Å². The highest BCUT2D eigenvalue weighted by atomic mass is 15.3. The van der Waals surface area contributed by atoms with Crippen LogP contribution in [-0.2, 0) is 13.1 Å². The summed E-state index contributed by atoms with van der Waals surface area (Å²) in [7, 11) is 0. The molecule has 0 saturated carbocycles. The minimum absolute atomic E-state index is 0.582. The summed E-state index contributed by atoms with van der Waals surface area (Å²) in [4.78, 5) is 0. The average molecular weight is 257 g/mol. The van der Waals surface area contributed by atoms with Gasteiger partial charge >= 0.3 is 0 Å². The zero-order valence-corrected chi connectivity index (χ0v) is 12.3. The van der Waals surface area contributed by atoms with E-state index in [1.54, 1.807) is 0 Å². The minimum Gasteiger partial charge on any atom is -0.381 e. The smallest absolute Gasteiger partial charge is 0.0542 e. The Morgan fingerprint density at radius 3 is 2.42 bits per heavy atom. The number of hydrogen-bond donors (Lipinski definition) is 1. The van der Waals surface area contributed by atoms with Gasteiger partial charge in [0, 0.05) is 30.0 Å². The van der Waals surface area contributed by atoms with E-state index in [0.29, 0.717) is 5.92 Å². The number of anilines is 1. The lowest BCUT2D eigenvalue weighted by atomic mass is 10.0. The zero-order chi connectivity index (χ0) is 13.8. The Hall–Kier alpha value is -1.77. The van der Waals surface area contributed by atoms with Gasteiger partial charge in [-0.15, -0.1) is 0 Å². The molecule has 102 valence electrons. The van der Waals surface area contributed by atoms with Gasteiger partial charge < -0.3 is 5.32 Å². The highest BCUT2D eigenvalue weighted by molar-refractivity contribution is 5.45. The van der Waals surface area contributed by atoms with Crippen LogP contribution in [0, 0.1) is 6.92 Å². The SMILES string of the molecule is CCn1ncc(CNc2ccc(C(C)C)cc2)c1C. The summed E-state index contributed by atoms with van der Waals surface area (Å²) in [5, 5.41) is 7.81. The second kappa shape index (κ2) is 5.91. The molecule has 1 aromatic heterocycles. The van der Waals surface area contributed by atoms with Crippen LogP contribution in [0.4, 0.5) is 5.69 Å². The number of nitrogens with zero attached hydrogens (tertiary/aromatic N) is 2. The molecule has 3 heteroatoms. The summed E-state index contributed by atoms with van der Waals surface area (Å²) in [6, 6.07) is 8.68. The van der Waals surface area contributed by atoms with Crippen LogP contribution in [0.1, 0.15) is 43.5 Å². The molecule has 0 bridgehead atoms. The molecule has 2 rings (SSSR count). The summed E-state index contributed by atoms with van der Waals surface area (Å²) >= 11 is 0. The van der Waals surface area contributed by atoms with Crippen molar-refractivity contribution < 1.29 is 0 Å². The van der Waals surface area contributed by atoms with Crippen molar-refractivity contribution in [1.82, 2.24) is 9.78 Å². The molecule has 3 nitrogen and oxygen atoms in total. The monoisotopic (exact) mass is 257 g/mol. The summed E-state index contributed by atoms with van der Waals surface area (Å²) in [5.41, 5.74) is 5.04. The highest BCUT2D eigenvalue weighted by Crippen LogP contribution is 2.18. The van der Waals surface area contributed by atoms with E-state index >= 15 is 0 Å². The number of aryl methyl sites for hydroxylation is 1. The van der Waals surface area contributed by atoms with E-state index < -0.39 is 0 Å². The fraction of sp³-hybridized carbons (Fsp3) is 0.438. The third-order valence-electron chi connectivity index (χ3n) is 3.56. The minimum atomic E-state index is 0.582. The maximum Gasteiger partial charge on any atom is 0.0542 e. The molecule has 0 atom stereocenters. The van der Waals surface area contributed by atoms with Gasteiger partial charge in [-0.3, -0.25) is 4.68 Å². The van der Waals surface area contributed by atoms with Crippen molar-refractivity contribution in [2.75, 3.05) is 5.32 Å². The second-order valence-corrected chi connectivity index (χ2v) is 5.20. The molecule has 0 radical (unpaired) electrons. The standard InChI is InChI=1S/C16H23N3/c1-5-19-13(4)15(11-18-19)10-17-16-8-6-14(7-9-16)12(2)3/h6-9,11-12,17H,5,10H2,1-4H3. The Balaban J connectivity index is 2.00. The molecule has 1 N–H and O–H groups in total. The Labute approximate surface area is 115 Å². The Morgan fingerprint density at radius 1 is 1.21 bits per heavy atom. The van der Waals surface area contributed by atoms with Crippen LogP contribution in [0.5, 0.6) is 0 Å². The number of benzene rings is 1. The van der Waals surface area contributed by atoms with Gasteiger partial charge in [-0.1, -0.05) is 26.0 Å². The molecule has 19 heavy (non-hydrogen) atoms. The van der Waals surface area contributed by atoms with E-state index in [2.05, 4.69) is 62.4 Å². The van der Waals surface area contributed by atoms with E-state index in [4.69, 9.17) is 0 Å². The van der Waals surface area contributed by atoms with Gasteiger partial charge in [-0.2, -0.15) is 5.10 Å². The quantitative estimate of drug-likeness (QED) is 0.879. The average Bonchev–Trinajstić information content (AvgIpc) is 2.77. The number of hydrogen-bond acceptors (Lipinski definition) is 2. The van der Waals surface area contributed by atoms with Crippen LogP contribution in [0.15, 0.2) is 30.5 Å². The molecule has 1 heterocycles. The summed E-state index contributed by atoms with van der Waals surface area (Å²) in [6.07, 6.45) is 1.95. The third kappa shape index (κ3) is 3.16. The highest BCUT2D eigenvalue weighted by Gasteiger charge is 2.05. The van der Waals surface area contributed by atoms with Crippen LogP contribution in [0.2, 0.25) is 0 Å². The molecular weight excluding hydrogens is 234 g/mol. The zero-order valence-electron chi connectivity index (χ0n) is 12.3. The molecule has 0 aliphatic rings. The molecule has 0 saturated heterocycles. The normalized spacial score (nSPS) is 11.0. The van der Waals surface area contributed by atoms with Crippen LogP contribution >= 0.6 is 0 Å². The predicted molar refractivity (Wildman–Crippen MR) is 80.5 cm³/mol. The van der Waals surface area contributed by atoms with Crippen molar-refractivity contribution in [2.45, 2.75) is 46.7 Å². The molecule has 2 aromatic rings. The third-order valence-corrected chi connectivity index (χ3v) is 3.56. The molecule has 0 unspecified atom stereocenters. The number of rotatable bonds is 5. The Morgan fingerprint density at radius 2 is 1.89 bits per heavy atom. The maximum absolute atomic E-state index is 4.36. The lowest BCUT2D eigenvalue weighted by Crippen LogP contribution is -2.03. The van der Waals surface area contributed by atoms with Gasteiger partial charge in [0.1, 0.15) is 0 Å². The summed E-state index contributed by atoms with van der Waals surface area (Å²) in [5.74, 6) is 0.582. The van der Waals surface area contributed by atoms with Crippen LogP contribution in [0.25, 0.3) is 0 Å². The van der Waals surface area contributed by atoms with Gasteiger partial charge in [0.2, 0.25) is 0 Å². The fourth-order valence-corrected chi connectivity index (χ4v) is 2.16. The first-order valence-corrected chi connectivity index (χ1v) is 6.97. The van der Waals surface area contributed by atoms with E-state index in [-0.39, 0.29) is 0 Å². The van der Waals surface area contributed by atoms with E-state index in [1.807, 2.05) is 10.9 Å². The lowest BCUT2D eigenvalue weighted by molar-refractivity contribution is 0.638. The van der Waals surface area contributed by atoms with Crippen molar-refractivity contribution in [3.63, 3.8) is 0 Å². The molecule has 0 aliphatic heterocycles. The predicted octanol–water partition coefficient (Wildman–Crippen LogP) is 3.95. The molecule has 0 spiro atoms. The van der Waals surface area contributed by atoms with Crippen LogP contribution in [-0.4, -0.2) is 9.78 Å². The van der Waals surface area contributed by atoms with Crippen molar-refractivity contribution in [3.05, 3.63) is 47.3 Å². The molecule has 1 aromatic carbocycles. The van der Waals surface area contributed by atoms with Crippen molar-refractivity contribution in [3.8, 4) is 0 Å². The summed E-state index contributed by atoms with van der Waals surface area (Å²) in [6.45, 7) is 10.4. The Bertz CT molecular complexity index is 523. The number of nitrogens with one attached hydrogen (secondary N) is 1. The lowest BCUT2D eigenvalue weighted by Gasteiger charge is -2.09. The van der Waals surface area contributed by atoms with Crippen molar-refractivity contribution >= 4 is 5.69 Å². The topological polar surface area (TPSA) is 29.9 Å². The van der Waals surface area contributed by atoms with Gasteiger partial charge in [-0.05, 0) is 37.5 Å². The van der Waals surface area contributed by atoms with Crippen molar-refractivity contribution in [2.24, 2.45) is 0 Å². The van der Waals surface area contributed by atoms with E-state index in [9.17, 15) is 0 Å². The van der Waals surface area contributed by atoms with Crippen LogP contribution < -0.4 is 5.32 Å². The first-order chi connectivity index (χ1) is 9.11. The van der Waals surface area contributed by atoms with Gasteiger partial charge in [0.05, 0.1) is 6.20 Å². The molecular formula is C16H23N3. The van der Waals surface area contributed by atoms with E-state index in [1.165, 1.54) is 16.8 Å².